The molecule has 134 valence electrons. The molecule has 0 aliphatic rings. The molecule has 2 N–H and O–H groups in total. The van der Waals surface area contributed by atoms with E-state index in [0.29, 0.717) is 17.0 Å². The first-order chi connectivity index (χ1) is 13.7. The second-order valence-electron chi connectivity index (χ2n) is 6.33. The molecular formula is C19H13N9. The lowest BCUT2D eigenvalue weighted by atomic mass is 9.99. The number of anilines is 1. The number of benzene rings is 2. The molecular weight excluding hydrogens is 354 g/mol. The van der Waals surface area contributed by atoms with E-state index < -0.39 is 0 Å². The third-order valence-electron chi connectivity index (χ3n) is 4.66. The molecule has 0 amide bonds. The third-order valence-corrected chi connectivity index (χ3v) is 4.66. The van der Waals surface area contributed by atoms with Crippen LogP contribution in [0.25, 0.3) is 43.9 Å². The summed E-state index contributed by atoms with van der Waals surface area (Å²) >= 11 is 0. The maximum atomic E-state index is 7.15. The molecule has 9 heteroatoms. The lowest BCUT2D eigenvalue weighted by Gasteiger charge is -2.12. The maximum absolute atomic E-state index is 7.15. The highest BCUT2D eigenvalue weighted by molar-refractivity contribution is 5.94. The van der Waals surface area contributed by atoms with Gasteiger partial charge >= 0.3 is 0 Å². The van der Waals surface area contributed by atoms with Crippen LogP contribution in [0, 0.1) is 6.57 Å². The average Bonchev–Trinajstić information content (AvgIpc) is 3.35. The molecule has 0 spiro atoms. The Morgan fingerprint density at radius 3 is 2.64 bits per heavy atom. The van der Waals surface area contributed by atoms with Crippen LogP contribution in [0.15, 0.2) is 48.8 Å². The van der Waals surface area contributed by atoms with Gasteiger partial charge in [-0.15, -0.1) is 5.10 Å². The Bertz CT molecular complexity index is 1390. The van der Waals surface area contributed by atoms with Crippen molar-refractivity contribution < 1.29 is 0 Å². The zero-order chi connectivity index (χ0) is 19.3. The number of nitrogens with zero attached hydrogens (tertiary/aromatic N) is 8. The van der Waals surface area contributed by atoms with Crippen molar-refractivity contribution in [2.45, 2.75) is 0 Å². The molecule has 0 saturated heterocycles. The van der Waals surface area contributed by atoms with E-state index in [1.54, 1.807) is 18.5 Å². The number of nitrogens with two attached hydrogens (primary N) is 1. The predicted molar refractivity (Wildman–Crippen MR) is 104 cm³/mol. The monoisotopic (exact) mass is 367 g/mol. The van der Waals surface area contributed by atoms with Gasteiger partial charge in [0.1, 0.15) is 0 Å². The second kappa shape index (κ2) is 5.85. The van der Waals surface area contributed by atoms with Crippen molar-refractivity contribution in [3.63, 3.8) is 0 Å². The lowest BCUT2D eigenvalue weighted by molar-refractivity contribution is 0.820. The summed E-state index contributed by atoms with van der Waals surface area (Å²) in [6.07, 6.45) is 1.77. The summed E-state index contributed by atoms with van der Waals surface area (Å²) in [4.78, 5) is 12.4. The van der Waals surface area contributed by atoms with E-state index in [2.05, 4.69) is 30.3 Å². The minimum absolute atomic E-state index is 0.189. The first kappa shape index (κ1) is 15.9. The summed E-state index contributed by atoms with van der Waals surface area (Å²) in [6, 6.07) is 13.1. The minimum atomic E-state index is 0.189. The minimum Gasteiger partial charge on any atom is -0.368 e. The SMILES string of the molecule is [C-]#[N+]c1ccc(-c2nc(N)n3nnnc3c2-c2ccc3ncn(C)c3c2)cc1. The van der Waals surface area contributed by atoms with Gasteiger partial charge in [-0.1, -0.05) is 30.3 Å². The number of hydrogen-bond donors (Lipinski definition) is 1. The fourth-order valence-corrected chi connectivity index (χ4v) is 3.27. The van der Waals surface area contributed by atoms with E-state index in [1.165, 1.54) is 4.52 Å². The summed E-state index contributed by atoms with van der Waals surface area (Å²) in [5, 5.41) is 11.9. The van der Waals surface area contributed by atoms with Crippen LogP contribution in [0.4, 0.5) is 11.6 Å². The van der Waals surface area contributed by atoms with Gasteiger partial charge in [0.2, 0.25) is 5.95 Å². The smallest absolute Gasteiger partial charge is 0.225 e. The molecule has 0 unspecified atom stereocenters. The normalized spacial score (nSPS) is 11.1. The highest BCUT2D eigenvalue weighted by Crippen LogP contribution is 2.36. The first-order valence-electron chi connectivity index (χ1n) is 8.42. The van der Waals surface area contributed by atoms with Crippen LogP contribution in [0.5, 0.6) is 0 Å². The van der Waals surface area contributed by atoms with Gasteiger partial charge in [-0.3, -0.25) is 0 Å². The maximum Gasteiger partial charge on any atom is 0.225 e. The topological polar surface area (TPSA) is 104 Å². The van der Waals surface area contributed by atoms with Crippen LogP contribution < -0.4 is 5.73 Å². The standard InChI is InChI=1S/C19H13N9/c1-21-13-6-3-11(4-7-13)17-16(18-24-25-26-28(18)19(20)23-17)12-5-8-14-15(9-12)27(2)10-22-14/h3-10H,2H3,(H2,20,23). The van der Waals surface area contributed by atoms with Gasteiger partial charge in [-0.25, -0.2) is 14.8 Å². The summed E-state index contributed by atoms with van der Waals surface area (Å²) < 4.78 is 3.37. The summed E-state index contributed by atoms with van der Waals surface area (Å²) in [5.41, 5.74) is 12.2. The second-order valence-corrected chi connectivity index (χ2v) is 6.33. The number of imidazole rings is 1. The highest BCUT2D eigenvalue weighted by atomic mass is 15.5. The number of aromatic nitrogens is 7. The number of nitrogen functional groups attached to an aromatic ring is 1. The Balaban J connectivity index is 1.84. The van der Waals surface area contributed by atoms with Crippen molar-refractivity contribution in [3.8, 4) is 22.4 Å². The highest BCUT2D eigenvalue weighted by Gasteiger charge is 2.19. The quantitative estimate of drug-likeness (QED) is 0.481. The number of rotatable bonds is 2. The van der Waals surface area contributed by atoms with Gasteiger partial charge in [0.15, 0.2) is 11.3 Å². The molecule has 0 fully saturated rings. The van der Waals surface area contributed by atoms with Gasteiger partial charge in [0, 0.05) is 7.05 Å². The van der Waals surface area contributed by atoms with E-state index in [4.69, 9.17) is 12.3 Å². The van der Waals surface area contributed by atoms with Crippen LogP contribution in [0.2, 0.25) is 0 Å². The van der Waals surface area contributed by atoms with Crippen molar-refractivity contribution in [1.29, 1.82) is 0 Å². The van der Waals surface area contributed by atoms with Crippen LogP contribution in [0.3, 0.4) is 0 Å². The number of hydrogen-bond acceptors (Lipinski definition) is 6. The first-order valence-corrected chi connectivity index (χ1v) is 8.42. The van der Waals surface area contributed by atoms with E-state index in [9.17, 15) is 0 Å². The largest absolute Gasteiger partial charge is 0.368 e. The fourth-order valence-electron chi connectivity index (χ4n) is 3.27. The van der Waals surface area contributed by atoms with Crippen LogP contribution >= 0.6 is 0 Å². The van der Waals surface area contributed by atoms with Gasteiger partial charge < -0.3 is 10.3 Å². The van der Waals surface area contributed by atoms with Gasteiger partial charge in [-0.2, -0.15) is 4.52 Å². The Morgan fingerprint density at radius 1 is 1.07 bits per heavy atom. The Labute approximate surface area is 158 Å². The molecule has 2 aromatic carbocycles. The molecule has 9 nitrogen and oxygen atoms in total. The fraction of sp³-hybridized carbons (Fsp3) is 0.0526. The number of tetrazole rings is 1. The molecule has 0 saturated carbocycles. The van der Waals surface area contributed by atoms with Crippen molar-refractivity contribution in [2.24, 2.45) is 7.05 Å². The Kier molecular flexibility index (Phi) is 3.32. The third kappa shape index (κ3) is 2.29. The molecule has 5 aromatic rings. The van der Waals surface area contributed by atoms with E-state index >= 15 is 0 Å². The van der Waals surface area contributed by atoms with E-state index in [0.717, 1.165) is 27.7 Å². The lowest BCUT2D eigenvalue weighted by Crippen LogP contribution is -2.05. The number of fused-ring (bicyclic) bond motifs is 2. The molecule has 0 atom stereocenters. The van der Waals surface area contributed by atoms with E-state index in [1.807, 2.05) is 41.9 Å². The van der Waals surface area contributed by atoms with Crippen molar-refractivity contribution in [3.05, 3.63) is 60.2 Å². The summed E-state index contributed by atoms with van der Waals surface area (Å²) in [7, 11) is 1.94. The molecule has 0 aliphatic heterocycles. The zero-order valence-corrected chi connectivity index (χ0v) is 14.8. The summed E-state index contributed by atoms with van der Waals surface area (Å²) in [5.74, 6) is 0.189. The van der Waals surface area contributed by atoms with Crippen molar-refractivity contribution >= 4 is 28.3 Å². The molecule has 0 bridgehead atoms. The van der Waals surface area contributed by atoms with Crippen LogP contribution in [0.1, 0.15) is 0 Å². The molecule has 28 heavy (non-hydrogen) atoms. The summed E-state index contributed by atoms with van der Waals surface area (Å²) in [6.45, 7) is 7.15. The molecule has 5 rings (SSSR count). The average molecular weight is 367 g/mol. The van der Waals surface area contributed by atoms with Gasteiger partial charge in [0.25, 0.3) is 0 Å². The molecule has 0 radical (unpaired) electrons. The molecule has 0 aliphatic carbocycles. The van der Waals surface area contributed by atoms with Gasteiger partial charge in [0.05, 0.1) is 35.2 Å². The Hall–Kier alpha value is -4.32. The van der Waals surface area contributed by atoms with Crippen molar-refractivity contribution in [2.75, 3.05) is 5.73 Å². The Morgan fingerprint density at radius 2 is 1.86 bits per heavy atom. The molecule has 3 aromatic heterocycles. The number of aryl methyl sites for hydroxylation is 1. The van der Waals surface area contributed by atoms with Crippen LogP contribution in [-0.2, 0) is 7.05 Å². The van der Waals surface area contributed by atoms with Crippen LogP contribution in [-0.4, -0.2) is 34.6 Å². The predicted octanol–water partition coefficient (Wildman–Crippen LogP) is 2.87. The molecule has 3 heterocycles. The van der Waals surface area contributed by atoms with Crippen molar-refractivity contribution in [1.82, 2.24) is 34.6 Å². The van der Waals surface area contributed by atoms with Gasteiger partial charge in [-0.05, 0) is 33.7 Å². The van der Waals surface area contributed by atoms with E-state index in [-0.39, 0.29) is 5.95 Å². The zero-order valence-electron chi connectivity index (χ0n) is 14.8.